The van der Waals surface area contributed by atoms with Gasteiger partial charge in [-0.2, -0.15) is 0 Å². The molecule has 3 aliphatic rings. The highest BCUT2D eigenvalue weighted by molar-refractivity contribution is 5.90. The van der Waals surface area contributed by atoms with Gasteiger partial charge in [0.2, 0.25) is 0 Å². The van der Waals surface area contributed by atoms with Crippen LogP contribution in [0.25, 0.3) is 0 Å². The molecule has 3 nitrogen and oxygen atoms in total. The van der Waals surface area contributed by atoms with E-state index in [0.717, 1.165) is 6.42 Å². The molecular formula is C14H20O3. The van der Waals surface area contributed by atoms with Crippen LogP contribution in [0.1, 0.15) is 40.5 Å². The Hall–Kier alpha value is -1.12. The van der Waals surface area contributed by atoms with Crippen LogP contribution in [0, 0.1) is 17.3 Å². The maximum absolute atomic E-state index is 11.9. The van der Waals surface area contributed by atoms with Gasteiger partial charge in [0.25, 0.3) is 0 Å². The van der Waals surface area contributed by atoms with Gasteiger partial charge in [-0.05, 0) is 19.3 Å². The lowest BCUT2D eigenvalue weighted by Gasteiger charge is -2.65. The third-order valence-electron chi connectivity index (χ3n) is 4.91. The zero-order valence-electron chi connectivity index (χ0n) is 11.0. The Bertz CT molecular complexity index is 408. The van der Waals surface area contributed by atoms with Crippen molar-refractivity contribution in [2.24, 2.45) is 17.3 Å². The molecule has 17 heavy (non-hydrogen) atoms. The highest BCUT2D eigenvalue weighted by Crippen LogP contribution is 2.64. The van der Waals surface area contributed by atoms with Crippen LogP contribution >= 0.6 is 0 Å². The molecule has 3 atom stereocenters. The lowest BCUT2D eigenvalue weighted by atomic mass is 9.42. The fraction of sp³-hybridized carbons (Fsp3) is 0.714. The highest BCUT2D eigenvalue weighted by atomic mass is 16.6. The third kappa shape index (κ3) is 1.41. The van der Waals surface area contributed by atoms with Crippen LogP contribution in [0.5, 0.6) is 0 Å². The van der Waals surface area contributed by atoms with Crippen molar-refractivity contribution in [2.45, 2.75) is 46.1 Å². The molecule has 2 bridgehead atoms. The summed E-state index contributed by atoms with van der Waals surface area (Å²) in [5.74, 6) is -0.0110. The largest absolute Gasteiger partial charge is 0.454 e. The molecule has 3 unspecified atom stereocenters. The topological polar surface area (TPSA) is 43.4 Å². The van der Waals surface area contributed by atoms with Gasteiger partial charge < -0.3 is 4.74 Å². The molecule has 0 aromatic rings. The summed E-state index contributed by atoms with van der Waals surface area (Å²) in [6.45, 7) is 11.3. The average molecular weight is 236 g/mol. The Morgan fingerprint density at radius 3 is 2.53 bits per heavy atom. The minimum Gasteiger partial charge on any atom is -0.454 e. The second-order valence-corrected chi connectivity index (χ2v) is 6.07. The Morgan fingerprint density at radius 1 is 1.47 bits per heavy atom. The van der Waals surface area contributed by atoms with E-state index in [9.17, 15) is 9.59 Å². The monoisotopic (exact) mass is 236 g/mol. The molecule has 0 spiro atoms. The summed E-state index contributed by atoms with van der Waals surface area (Å²) in [6, 6.07) is 0. The number of hydrogen-bond acceptors (Lipinski definition) is 3. The van der Waals surface area contributed by atoms with Gasteiger partial charge in [0.1, 0.15) is 11.4 Å². The predicted molar refractivity (Wildman–Crippen MR) is 64.3 cm³/mol. The summed E-state index contributed by atoms with van der Waals surface area (Å²) in [5, 5.41) is 0. The van der Waals surface area contributed by atoms with E-state index in [1.165, 1.54) is 0 Å². The minimum absolute atomic E-state index is 0.106. The van der Waals surface area contributed by atoms with Gasteiger partial charge >= 0.3 is 5.97 Å². The van der Waals surface area contributed by atoms with Crippen molar-refractivity contribution in [3.05, 3.63) is 12.2 Å². The summed E-state index contributed by atoms with van der Waals surface area (Å²) < 4.78 is 5.64. The van der Waals surface area contributed by atoms with E-state index in [4.69, 9.17) is 4.74 Å². The molecule has 0 amide bonds. The van der Waals surface area contributed by atoms with Gasteiger partial charge in [0.05, 0.1) is 5.92 Å². The predicted octanol–water partition coefficient (Wildman–Crippen LogP) is 2.50. The van der Waals surface area contributed by atoms with E-state index >= 15 is 0 Å². The summed E-state index contributed by atoms with van der Waals surface area (Å²) in [5.41, 5.74) is -0.321. The number of ketones is 1. The molecule has 0 aromatic carbocycles. The molecule has 0 aliphatic heterocycles. The fourth-order valence-corrected chi connectivity index (χ4v) is 3.35. The summed E-state index contributed by atoms with van der Waals surface area (Å²) in [7, 11) is 0. The van der Waals surface area contributed by atoms with Gasteiger partial charge in [-0.15, -0.1) is 0 Å². The average Bonchev–Trinajstić information content (AvgIpc) is 2.23. The Kier molecular flexibility index (Phi) is 2.49. The second kappa shape index (κ2) is 3.44. The maximum Gasteiger partial charge on any atom is 0.333 e. The minimum atomic E-state index is -0.608. The van der Waals surface area contributed by atoms with E-state index in [0.29, 0.717) is 17.9 Å². The third-order valence-corrected chi connectivity index (χ3v) is 4.91. The van der Waals surface area contributed by atoms with Gasteiger partial charge in [-0.1, -0.05) is 27.4 Å². The molecule has 3 heteroatoms. The molecule has 0 saturated heterocycles. The molecule has 0 N–H and O–H groups in total. The van der Waals surface area contributed by atoms with Crippen LogP contribution < -0.4 is 0 Å². The van der Waals surface area contributed by atoms with E-state index in [2.05, 4.69) is 20.4 Å². The Balaban J connectivity index is 2.30. The maximum atomic E-state index is 11.9. The van der Waals surface area contributed by atoms with Crippen LogP contribution in [0.15, 0.2) is 12.2 Å². The fourth-order valence-electron chi connectivity index (χ4n) is 3.35. The van der Waals surface area contributed by atoms with Crippen molar-refractivity contribution in [3.8, 4) is 0 Å². The summed E-state index contributed by atoms with van der Waals surface area (Å²) in [4.78, 5) is 23.6. The first-order chi connectivity index (χ1) is 7.72. The second-order valence-electron chi connectivity index (χ2n) is 6.07. The van der Waals surface area contributed by atoms with Crippen LogP contribution in [0.3, 0.4) is 0 Å². The summed E-state index contributed by atoms with van der Waals surface area (Å²) in [6.07, 6.45) is 1.44. The van der Waals surface area contributed by atoms with Crippen molar-refractivity contribution in [1.82, 2.24) is 0 Å². The molecule has 0 radical (unpaired) electrons. The van der Waals surface area contributed by atoms with Gasteiger partial charge in [0.15, 0.2) is 0 Å². The number of ether oxygens (including phenoxy) is 1. The Morgan fingerprint density at radius 2 is 2.06 bits per heavy atom. The van der Waals surface area contributed by atoms with Crippen molar-refractivity contribution in [1.29, 1.82) is 0 Å². The molecule has 0 heterocycles. The van der Waals surface area contributed by atoms with Crippen LogP contribution in [-0.2, 0) is 14.3 Å². The first-order valence-electron chi connectivity index (χ1n) is 6.14. The standard InChI is InChI=1S/C14H20O3/c1-8(2)12(16)17-14-7-10(13(14,4)5)6-11(15)9(14)3/h9-10H,1,6-7H2,2-5H3. The SMILES string of the molecule is C=C(C)C(=O)OC12CC(CC(=O)C1C)C2(C)C. The molecular weight excluding hydrogens is 216 g/mol. The number of carbonyl (C=O) groups is 2. The highest BCUT2D eigenvalue weighted by Gasteiger charge is 2.69. The van der Waals surface area contributed by atoms with E-state index in [1.807, 2.05) is 6.92 Å². The lowest BCUT2D eigenvalue weighted by molar-refractivity contribution is -0.254. The van der Waals surface area contributed by atoms with Crippen molar-refractivity contribution in [2.75, 3.05) is 0 Å². The first kappa shape index (κ1) is 12.3. The number of rotatable bonds is 2. The molecule has 3 saturated carbocycles. The van der Waals surface area contributed by atoms with Crippen LogP contribution in [-0.4, -0.2) is 17.4 Å². The normalized spacial score (nSPS) is 38.2. The smallest absolute Gasteiger partial charge is 0.333 e. The molecule has 3 aliphatic carbocycles. The molecule has 3 rings (SSSR count). The van der Waals surface area contributed by atoms with Gasteiger partial charge in [-0.3, -0.25) is 4.79 Å². The summed E-state index contributed by atoms with van der Waals surface area (Å²) >= 11 is 0. The number of hydrogen-bond donors (Lipinski definition) is 0. The number of fused-ring (bicyclic) bond motifs is 2. The van der Waals surface area contributed by atoms with E-state index in [1.54, 1.807) is 6.92 Å². The first-order valence-corrected chi connectivity index (χ1v) is 6.14. The zero-order chi connectivity index (χ0) is 13.0. The van der Waals surface area contributed by atoms with Gasteiger partial charge in [-0.25, -0.2) is 4.79 Å². The van der Waals surface area contributed by atoms with Crippen molar-refractivity contribution < 1.29 is 14.3 Å². The molecule has 3 fully saturated rings. The number of carbonyl (C=O) groups excluding carboxylic acids is 2. The van der Waals surface area contributed by atoms with Crippen LogP contribution in [0.4, 0.5) is 0 Å². The lowest BCUT2D eigenvalue weighted by Crippen LogP contribution is -2.71. The Labute approximate surface area is 102 Å². The van der Waals surface area contributed by atoms with Gasteiger partial charge in [0, 0.05) is 17.4 Å². The van der Waals surface area contributed by atoms with E-state index in [-0.39, 0.29) is 23.1 Å². The number of Topliss-reactive ketones (excluding diaryl/α,β-unsaturated/α-hetero) is 1. The van der Waals surface area contributed by atoms with Crippen molar-refractivity contribution >= 4 is 11.8 Å². The van der Waals surface area contributed by atoms with Crippen molar-refractivity contribution in [3.63, 3.8) is 0 Å². The van der Waals surface area contributed by atoms with E-state index < -0.39 is 5.60 Å². The number of esters is 1. The quantitative estimate of drug-likeness (QED) is 0.546. The molecule has 94 valence electrons. The van der Waals surface area contributed by atoms with Crippen LogP contribution in [0.2, 0.25) is 0 Å². The molecule has 0 aromatic heterocycles. The zero-order valence-corrected chi connectivity index (χ0v) is 11.0.